The molecular formula is C13H12ClN3O. The molecule has 0 aliphatic heterocycles. The molecule has 4 nitrogen and oxygen atoms in total. The first kappa shape index (κ1) is 12.4. The van der Waals surface area contributed by atoms with Gasteiger partial charge in [0.25, 0.3) is 5.91 Å². The van der Waals surface area contributed by atoms with Gasteiger partial charge in [-0.15, -0.1) is 0 Å². The maximum absolute atomic E-state index is 11.6. The lowest BCUT2D eigenvalue weighted by atomic mass is 10.1. The van der Waals surface area contributed by atoms with Gasteiger partial charge in [0.05, 0.1) is 5.71 Å². The van der Waals surface area contributed by atoms with Crippen molar-refractivity contribution >= 4 is 23.2 Å². The second-order valence-corrected chi connectivity index (χ2v) is 4.17. The Morgan fingerprint density at radius 2 is 2.17 bits per heavy atom. The fourth-order valence-corrected chi connectivity index (χ4v) is 1.63. The SMILES string of the molecule is C/C(=N/NC(=O)c1ccc[nH]1)c1cccc(Cl)c1. The molecule has 0 saturated carbocycles. The average Bonchev–Trinajstić information content (AvgIpc) is 2.89. The molecule has 2 rings (SSSR count). The minimum atomic E-state index is -0.277. The zero-order chi connectivity index (χ0) is 13.0. The summed E-state index contributed by atoms with van der Waals surface area (Å²) < 4.78 is 0. The second-order valence-electron chi connectivity index (χ2n) is 3.73. The van der Waals surface area contributed by atoms with Crippen LogP contribution in [0.2, 0.25) is 5.02 Å². The maximum Gasteiger partial charge on any atom is 0.287 e. The number of aromatic nitrogens is 1. The van der Waals surface area contributed by atoms with Crippen molar-refractivity contribution in [1.82, 2.24) is 10.4 Å². The Balaban J connectivity index is 2.08. The van der Waals surface area contributed by atoms with Crippen LogP contribution in [0, 0.1) is 0 Å². The van der Waals surface area contributed by atoms with Crippen molar-refractivity contribution in [2.75, 3.05) is 0 Å². The molecule has 0 fully saturated rings. The van der Waals surface area contributed by atoms with Gasteiger partial charge in [-0.1, -0.05) is 23.7 Å². The minimum absolute atomic E-state index is 0.277. The normalized spacial score (nSPS) is 11.3. The van der Waals surface area contributed by atoms with E-state index in [1.807, 2.05) is 12.1 Å². The van der Waals surface area contributed by atoms with E-state index >= 15 is 0 Å². The standard InChI is InChI=1S/C13H12ClN3O/c1-9(10-4-2-5-11(14)8-10)16-17-13(18)12-6-3-7-15-12/h2-8,15H,1H3,(H,17,18)/b16-9-. The van der Waals surface area contributed by atoms with Crippen molar-refractivity contribution in [3.8, 4) is 0 Å². The highest BCUT2D eigenvalue weighted by Gasteiger charge is 2.04. The Labute approximate surface area is 110 Å². The number of hydrazone groups is 1. The first-order valence-electron chi connectivity index (χ1n) is 5.41. The molecule has 0 radical (unpaired) electrons. The fourth-order valence-electron chi connectivity index (χ4n) is 1.44. The molecule has 1 aromatic carbocycles. The summed E-state index contributed by atoms with van der Waals surface area (Å²) in [6, 6.07) is 10.7. The van der Waals surface area contributed by atoms with Crippen molar-refractivity contribution in [1.29, 1.82) is 0 Å². The Morgan fingerprint density at radius 3 is 2.83 bits per heavy atom. The summed E-state index contributed by atoms with van der Waals surface area (Å²) in [5.74, 6) is -0.277. The van der Waals surface area contributed by atoms with E-state index in [1.54, 1.807) is 37.4 Å². The highest BCUT2D eigenvalue weighted by atomic mass is 35.5. The number of halogens is 1. The number of H-pyrrole nitrogens is 1. The van der Waals surface area contributed by atoms with Crippen LogP contribution in [0.4, 0.5) is 0 Å². The summed E-state index contributed by atoms with van der Waals surface area (Å²) in [4.78, 5) is 14.4. The van der Waals surface area contributed by atoms with Crippen LogP contribution in [0.3, 0.4) is 0 Å². The number of amides is 1. The molecule has 1 heterocycles. The Bertz CT molecular complexity index is 576. The van der Waals surface area contributed by atoms with Crippen LogP contribution in [-0.4, -0.2) is 16.6 Å². The fraction of sp³-hybridized carbons (Fsp3) is 0.0769. The Kier molecular flexibility index (Phi) is 3.79. The molecule has 18 heavy (non-hydrogen) atoms. The van der Waals surface area contributed by atoms with Crippen LogP contribution in [0.25, 0.3) is 0 Å². The van der Waals surface area contributed by atoms with Gasteiger partial charge in [0.2, 0.25) is 0 Å². The van der Waals surface area contributed by atoms with Crippen LogP contribution in [0.5, 0.6) is 0 Å². The van der Waals surface area contributed by atoms with Gasteiger partial charge in [-0.25, -0.2) is 5.43 Å². The quantitative estimate of drug-likeness (QED) is 0.648. The molecule has 2 aromatic rings. The van der Waals surface area contributed by atoms with Gasteiger partial charge in [-0.2, -0.15) is 5.10 Å². The number of carbonyl (C=O) groups excluding carboxylic acids is 1. The van der Waals surface area contributed by atoms with Gasteiger partial charge in [-0.05, 0) is 36.8 Å². The third-order valence-electron chi connectivity index (χ3n) is 2.41. The van der Waals surface area contributed by atoms with Crippen LogP contribution >= 0.6 is 11.6 Å². The summed E-state index contributed by atoms with van der Waals surface area (Å²) in [6.45, 7) is 1.81. The minimum Gasteiger partial charge on any atom is -0.357 e. The van der Waals surface area contributed by atoms with Crippen LogP contribution in [0.15, 0.2) is 47.7 Å². The number of rotatable bonds is 3. The molecule has 0 saturated heterocycles. The molecule has 0 aliphatic rings. The third-order valence-corrected chi connectivity index (χ3v) is 2.65. The smallest absolute Gasteiger partial charge is 0.287 e. The third kappa shape index (κ3) is 2.99. The predicted molar refractivity (Wildman–Crippen MR) is 71.9 cm³/mol. The maximum atomic E-state index is 11.6. The van der Waals surface area contributed by atoms with Crippen molar-refractivity contribution in [3.05, 3.63) is 58.9 Å². The van der Waals surface area contributed by atoms with Gasteiger partial charge >= 0.3 is 0 Å². The monoisotopic (exact) mass is 261 g/mol. The van der Waals surface area contributed by atoms with Crippen LogP contribution < -0.4 is 5.43 Å². The van der Waals surface area contributed by atoms with E-state index < -0.39 is 0 Å². The molecule has 2 N–H and O–H groups in total. The molecule has 1 amide bonds. The van der Waals surface area contributed by atoms with Gasteiger partial charge < -0.3 is 4.98 Å². The lowest BCUT2D eigenvalue weighted by Crippen LogP contribution is -2.19. The zero-order valence-corrected chi connectivity index (χ0v) is 10.5. The summed E-state index contributed by atoms with van der Waals surface area (Å²) in [5.41, 5.74) is 4.51. The number of nitrogens with one attached hydrogen (secondary N) is 2. The van der Waals surface area contributed by atoms with E-state index in [1.165, 1.54) is 0 Å². The first-order chi connectivity index (χ1) is 8.66. The second kappa shape index (κ2) is 5.51. The largest absolute Gasteiger partial charge is 0.357 e. The van der Waals surface area contributed by atoms with E-state index in [-0.39, 0.29) is 5.91 Å². The number of carbonyl (C=O) groups is 1. The van der Waals surface area contributed by atoms with Crippen molar-refractivity contribution in [2.45, 2.75) is 6.92 Å². The van der Waals surface area contributed by atoms with E-state index in [0.29, 0.717) is 16.4 Å². The molecule has 0 unspecified atom stereocenters. The summed E-state index contributed by atoms with van der Waals surface area (Å²) in [5, 5.41) is 4.67. The topological polar surface area (TPSA) is 57.2 Å². The molecule has 5 heteroatoms. The number of hydrogen-bond acceptors (Lipinski definition) is 2. The lowest BCUT2D eigenvalue weighted by molar-refractivity contribution is 0.0950. The van der Waals surface area contributed by atoms with Gasteiger partial charge in [0.15, 0.2) is 0 Å². The highest BCUT2D eigenvalue weighted by Crippen LogP contribution is 2.11. The number of hydrogen-bond donors (Lipinski definition) is 2. The Hall–Kier alpha value is -2.07. The van der Waals surface area contributed by atoms with Crippen molar-refractivity contribution < 1.29 is 4.79 Å². The number of nitrogens with zero attached hydrogens (tertiary/aromatic N) is 1. The number of aromatic amines is 1. The van der Waals surface area contributed by atoms with Gasteiger partial charge in [0.1, 0.15) is 5.69 Å². The summed E-state index contributed by atoms with van der Waals surface area (Å²) >= 11 is 5.89. The van der Waals surface area contributed by atoms with Crippen LogP contribution in [0.1, 0.15) is 23.0 Å². The van der Waals surface area contributed by atoms with E-state index in [0.717, 1.165) is 5.56 Å². The number of benzene rings is 1. The summed E-state index contributed by atoms with van der Waals surface area (Å²) in [6.07, 6.45) is 1.68. The highest BCUT2D eigenvalue weighted by molar-refractivity contribution is 6.31. The zero-order valence-electron chi connectivity index (χ0n) is 9.77. The molecule has 0 aliphatic carbocycles. The van der Waals surface area contributed by atoms with E-state index in [4.69, 9.17) is 11.6 Å². The predicted octanol–water partition coefficient (Wildman–Crippen LogP) is 2.82. The Morgan fingerprint density at radius 1 is 1.33 bits per heavy atom. The van der Waals surface area contributed by atoms with E-state index in [2.05, 4.69) is 15.5 Å². The van der Waals surface area contributed by atoms with E-state index in [9.17, 15) is 4.79 Å². The molecule has 0 atom stereocenters. The molecule has 0 bridgehead atoms. The first-order valence-corrected chi connectivity index (χ1v) is 5.78. The van der Waals surface area contributed by atoms with Gasteiger partial charge in [0, 0.05) is 11.2 Å². The van der Waals surface area contributed by atoms with Gasteiger partial charge in [-0.3, -0.25) is 4.79 Å². The van der Waals surface area contributed by atoms with Crippen LogP contribution in [-0.2, 0) is 0 Å². The van der Waals surface area contributed by atoms with Crippen molar-refractivity contribution in [3.63, 3.8) is 0 Å². The summed E-state index contributed by atoms with van der Waals surface area (Å²) in [7, 11) is 0. The molecule has 1 aromatic heterocycles. The lowest BCUT2D eigenvalue weighted by Gasteiger charge is -2.02. The van der Waals surface area contributed by atoms with Crippen molar-refractivity contribution in [2.24, 2.45) is 5.10 Å². The molecule has 92 valence electrons. The molecule has 0 spiro atoms. The average molecular weight is 262 g/mol. The molecular weight excluding hydrogens is 250 g/mol.